The van der Waals surface area contributed by atoms with Crippen molar-refractivity contribution in [2.75, 3.05) is 40.8 Å². The van der Waals surface area contributed by atoms with Crippen LogP contribution in [0.3, 0.4) is 0 Å². The highest BCUT2D eigenvalue weighted by Crippen LogP contribution is 2.09. The molecule has 0 saturated carbocycles. The molecule has 1 aromatic carbocycles. The maximum absolute atomic E-state index is 4.39. The quantitative estimate of drug-likeness (QED) is 0.424. The highest BCUT2D eigenvalue weighted by Gasteiger charge is 2.06. The van der Waals surface area contributed by atoms with Crippen LogP contribution >= 0.6 is 11.3 Å². The second kappa shape index (κ2) is 10.9. The molecular weight excluding hydrogens is 328 g/mol. The molecule has 0 saturated heterocycles. The number of nitrogens with zero attached hydrogens (tertiary/aromatic N) is 3. The van der Waals surface area contributed by atoms with Gasteiger partial charge in [0, 0.05) is 38.6 Å². The van der Waals surface area contributed by atoms with Gasteiger partial charge < -0.3 is 15.1 Å². The van der Waals surface area contributed by atoms with Crippen molar-refractivity contribution in [2.45, 2.75) is 19.4 Å². The van der Waals surface area contributed by atoms with Crippen LogP contribution in [0.2, 0.25) is 0 Å². The number of rotatable bonds is 9. The highest BCUT2D eigenvalue weighted by molar-refractivity contribution is 7.09. The standard InChI is InChI=1S/C20H30N4S/c1-21-20(24(3)15-12-19-11-7-16-25-19)22-13-8-14-23(2)17-18-9-5-4-6-10-18/h4-7,9-11,16H,8,12-15,17H2,1-3H3,(H,21,22). The fraction of sp³-hybridized carbons (Fsp3) is 0.450. The molecule has 136 valence electrons. The SMILES string of the molecule is CN=C(NCCCN(C)Cc1ccccc1)N(C)CCc1cccs1. The monoisotopic (exact) mass is 358 g/mol. The van der Waals surface area contributed by atoms with E-state index < -0.39 is 0 Å². The Labute approximate surface area is 156 Å². The lowest BCUT2D eigenvalue weighted by Gasteiger charge is -2.22. The Morgan fingerprint density at radius 2 is 1.88 bits per heavy atom. The summed E-state index contributed by atoms with van der Waals surface area (Å²) < 4.78 is 0. The number of hydrogen-bond acceptors (Lipinski definition) is 3. The Hall–Kier alpha value is -1.85. The van der Waals surface area contributed by atoms with Crippen LogP contribution in [0.5, 0.6) is 0 Å². The van der Waals surface area contributed by atoms with Crippen LogP contribution in [-0.4, -0.2) is 56.5 Å². The van der Waals surface area contributed by atoms with Gasteiger partial charge in [-0.15, -0.1) is 11.3 Å². The predicted molar refractivity (Wildman–Crippen MR) is 109 cm³/mol. The molecule has 0 bridgehead atoms. The van der Waals surface area contributed by atoms with Crippen molar-refractivity contribution in [1.29, 1.82) is 0 Å². The smallest absolute Gasteiger partial charge is 0.193 e. The maximum Gasteiger partial charge on any atom is 0.193 e. The summed E-state index contributed by atoms with van der Waals surface area (Å²) in [4.78, 5) is 10.4. The third kappa shape index (κ3) is 7.28. The summed E-state index contributed by atoms with van der Waals surface area (Å²) in [5.41, 5.74) is 1.36. The maximum atomic E-state index is 4.39. The Balaban J connectivity index is 1.63. The van der Waals surface area contributed by atoms with E-state index in [9.17, 15) is 0 Å². The largest absolute Gasteiger partial charge is 0.356 e. The summed E-state index contributed by atoms with van der Waals surface area (Å²) in [5.74, 6) is 0.974. The van der Waals surface area contributed by atoms with Gasteiger partial charge in [0.15, 0.2) is 5.96 Å². The Bertz CT molecular complexity index is 610. The molecule has 0 amide bonds. The van der Waals surface area contributed by atoms with Crippen LogP contribution in [0.25, 0.3) is 0 Å². The molecule has 2 rings (SSSR count). The molecule has 0 aliphatic heterocycles. The van der Waals surface area contributed by atoms with Crippen LogP contribution in [-0.2, 0) is 13.0 Å². The third-order valence-electron chi connectivity index (χ3n) is 4.14. The van der Waals surface area contributed by atoms with Gasteiger partial charge in [0.1, 0.15) is 0 Å². The zero-order valence-corrected chi connectivity index (χ0v) is 16.4. The van der Waals surface area contributed by atoms with Crippen LogP contribution in [0.4, 0.5) is 0 Å². The number of aliphatic imine (C=N–C) groups is 1. The topological polar surface area (TPSA) is 30.9 Å². The average Bonchev–Trinajstić information content (AvgIpc) is 3.14. The molecule has 0 radical (unpaired) electrons. The van der Waals surface area contributed by atoms with Crippen molar-refractivity contribution < 1.29 is 0 Å². The first-order valence-corrected chi connectivity index (χ1v) is 9.73. The van der Waals surface area contributed by atoms with Gasteiger partial charge in [0.25, 0.3) is 0 Å². The fourth-order valence-corrected chi connectivity index (χ4v) is 3.44. The normalized spacial score (nSPS) is 11.8. The molecule has 4 nitrogen and oxygen atoms in total. The minimum absolute atomic E-state index is 0.940. The molecule has 25 heavy (non-hydrogen) atoms. The van der Waals surface area contributed by atoms with Crippen molar-refractivity contribution in [2.24, 2.45) is 4.99 Å². The Kier molecular flexibility index (Phi) is 8.49. The molecule has 2 aromatic rings. The zero-order valence-electron chi connectivity index (χ0n) is 15.6. The molecule has 5 heteroatoms. The summed E-state index contributed by atoms with van der Waals surface area (Å²) in [6, 6.07) is 14.9. The van der Waals surface area contributed by atoms with Gasteiger partial charge in [-0.1, -0.05) is 36.4 Å². The molecule has 1 heterocycles. The summed E-state index contributed by atoms with van der Waals surface area (Å²) in [6.07, 6.45) is 2.16. The van der Waals surface area contributed by atoms with Crippen LogP contribution < -0.4 is 5.32 Å². The van der Waals surface area contributed by atoms with E-state index in [1.165, 1.54) is 10.4 Å². The number of guanidine groups is 1. The van der Waals surface area contributed by atoms with Gasteiger partial charge in [-0.2, -0.15) is 0 Å². The minimum atomic E-state index is 0.940. The van der Waals surface area contributed by atoms with E-state index in [2.05, 4.69) is 82.0 Å². The lowest BCUT2D eigenvalue weighted by atomic mass is 10.2. The van der Waals surface area contributed by atoms with E-state index in [-0.39, 0.29) is 0 Å². The lowest BCUT2D eigenvalue weighted by molar-refractivity contribution is 0.321. The molecule has 0 spiro atoms. The third-order valence-corrected chi connectivity index (χ3v) is 5.08. The van der Waals surface area contributed by atoms with Crippen molar-refractivity contribution in [3.8, 4) is 0 Å². The summed E-state index contributed by atoms with van der Waals surface area (Å²) in [7, 11) is 6.13. The molecule has 0 aliphatic rings. The lowest BCUT2D eigenvalue weighted by Crippen LogP contribution is -2.40. The number of thiophene rings is 1. The van der Waals surface area contributed by atoms with E-state index in [1.807, 2.05) is 18.4 Å². The van der Waals surface area contributed by atoms with Gasteiger partial charge in [-0.3, -0.25) is 4.99 Å². The first-order chi connectivity index (χ1) is 12.2. The first-order valence-electron chi connectivity index (χ1n) is 8.85. The Morgan fingerprint density at radius 3 is 2.56 bits per heavy atom. The van der Waals surface area contributed by atoms with E-state index >= 15 is 0 Å². The minimum Gasteiger partial charge on any atom is -0.356 e. The van der Waals surface area contributed by atoms with Gasteiger partial charge >= 0.3 is 0 Å². The number of nitrogens with one attached hydrogen (secondary N) is 1. The summed E-state index contributed by atoms with van der Waals surface area (Å²) in [5, 5.41) is 5.60. The average molecular weight is 359 g/mol. The second-order valence-corrected chi connectivity index (χ2v) is 7.33. The fourth-order valence-electron chi connectivity index (χ4n) is 2.75. The van der Waals surface area contributed by atoms with E-state index in [0.717, 1.165) is 45.0 Å². The van der Waals surface area contributed by atoms with E-state index in [0.29, 0.717) is 0 Å². The second-order valence-electron chi connectivity index (χ2n) is 6.30. The van der Waals surface area contributed by atoms with Crippen molar-refractivity contribution in [3.05, 3.63) is 58.3 Å². The van der Waals surface area contributed by atoms with Crippen molar-refractivity contribution in [3.63, 3.8) is 0 Å². The number of benzene rings is 1. The van der Waals surface area contributed by atoms with E-state index in [1.54, 1.807) is 0 Å². The van der Waals surface area contributed by atoms with E-state index in [4.69, 9.17) is 0 Å². The summed E-state index contributed by atoms with van der Waals surface area (Å²) >= 11 is 1.82. The van der Waals surface area contributed by atoms with Crippen LogP contribution in [0.1, 0.15) is 16.9 Å². The summed E-state index contributed by atoms with van der Waals surface area (Å²) in [6.45, 7) is 3.98. The van der Waals surface area contributed by atoms with Gasteiger partial charge in [0.2, 0.25) is 0 Å². The highest BCUT2D eigenvalue weighted by atomic mass is 32.1. The predicted octanol–water partition coefficient (Wildman–Crippen LogP) is 3.32. The van der Waals surface area contributed by atoms with Gasteiger partial charge in [0.05, 0.1) is 0 Å². The zero-order chi connectivity index (χ0) is 17.9. The molecule has 0 fully saturated rings. The molecule has 0 atom stereocenters. The molecular formula is C20H30N4S. The number of likely N-dealkylation sites (N-methyl/N-ethyl adjacent to an activating group) is 1. The van der Waals surface area contributed by atoms with Gasteiger partial charge in [-0.05, 0) is 43.4 Å². The van der Waals surface area contributed by atoms with Gasteiger partial charge in [-0.25, -0.2) is 0 Å². The van der Waals surface area contributed by atoms with Crippen molar-refractivity contribution >= 4 is 17.3 Å². The molecule has 1 aromatic heterocycles. The molecule has 0 unspecified atom stereocenters. The van der Waals surface area contributed by atoms with Crippen LogP contribution in [0, 0.1) is 0 Å². The first kappa shape index (κ1) is 19.5. The Morgan fingerprint density at radius 1 is 1.08 bits per heavy atom. The van der Waals surface area contributed by atoms with Crippen LogP contribution in [0.15, 0.2) is 52.8 Å². The van der Waals surface area contributed by atoms with Crippen molar-refractivity contribution in [1.82, 2.24) is 15.1 Å². The number of hydrogen-bond donors (Lipinski definition) is 1. The molecule has 1 N–H and O–H groups in total. The molecule has 0 aliphatic carbocycles.